The second kappa shape index (κ2) is 3.36. The van der Waals surface area contributed by atoms with E-state index in [1.54, 1.807) is 6.20 Å². The molecule has 4 nitrogen and oxygen atoms in total. The van der Waals surface area contributed by atoms with Crippen LogP contribution in [0.4, 0.5) is 0 Å². The monoisotopic (exact) mass is 182 g/mol. The van der Waals surface area contributed by atoms with Gasteiger partial charge in [0.05, 0.1) is 6.20 Å². The molecule has 2 heterocycles. The highest BCUT2D eigenvalue weighted by molar-refractivity contribution is 7.09. The van der Waals surface area contributed by atoms with Crippen LogP contribution in [-0.4, -0.2) is 9.97 Å². The van der Waals surface area contributed by atoms with Crippen LogP contribution in [0.1, 0.15) is 5.01 Å². The lowest BCUT2D eigenvalue weighted by atomic mass is 10.7. The predicted octanol–water partition coefficient (Wildman–Crippen LogP) is 1.71. The molecule has 0 unspecified atom stereocenters. The SMILES string of the molecule is c1coc(OCc2nccs2)n1. The molecule has 0 bridgehead atoms. The molecule has 0 spiro atoms. The largest absolute Gasteiger partial charge is 0.443 e. The molecule has 0 radical (unpaired) electrons. The van der Waals surface area contributed by atoms with E-state index in [-0.39, 0.29) is 6.08 Å². The number of rotatable bonds is 3. The van der Waals surface area contributed by atoms with E-state index < -0.39 is 0 Å². The third-order valence-corrected chi connectivity index (χ3v) is 1.97. The number of aromatic nitrogens is 2. The van der Waals surface area contributed by atoms with Crippen LogP contribution in [0.3, 0.4) is 0 Å². The second-order valence-corrected chi connectivity index (χ2v) is 2.99. The van der Waals surface area contributed by atoms with E-state index in [1.165, 1.54) is 23.8 Å². The number of thiazole rings is 1. The maximum atomic E-state index is 5.16. The van der Waals surface area contributed by atoms with Crippen molar-refractivity contribution in [1.82, 2.24) is 9.97 Å². The van der Waals surface area contributed by atoms with Gasteiger partial charge in [-0.2, -0.15) is 4.98 Å². The van der Waals surface area contributed by atoms with Gasteiger partial charge in [0, 0.05) is 11.6 Å². The average molecular weight is 182 g/mol. The van der Waals surface area contributed by atoms with Crippen molar-refractivity contribution in [3.8, 4) is 6.08 Å². The third kappa shape index (κ3) is 1.62. The molecule has 0 aromatic carbocycles. The maximum Gasteiger partial charge on any atom is 0.393 e. The van der Waals surface area contributed by atoms with Crippen molar-refractivity contribution in [2.24, 2.45) is 0 Å². The number of hydrogen-bond donors (Lipinski definition) is 0. The molecule has 62 valence electrons. The predicted molar refractivity (Wildman–Crippen MR) is 42.9 cm³/mol. The van der Waals surface area contributed by atoms with E-state index in [2.05, 4.69) is 9.97 Å². The van der Waals surface area contributed by atoms with Crippen LogP contribution in [0.25, 0.3) is 0 Å². The first-order valence-corrected chi connectivity index (χ1v) is 4.24. The molecule has 0 atom stereocenters. The minimum atomic E-state index is 0.283. The minimum absolute atomic E-state index is 0.283. The van der Waals surface area contributed by atoms with E-state index in [9.17, 15) is 0 Å². The lowest BCUT2D eigenvalue weighted by molar-refractivity contribution is 0.219. The van der Waals surface area contributed by atoms with Gasteiger partial charge in [0.25, 0.3) is 0 Å². The van der Waals surface area contributed by atoms with Crippen LogP contribution < -0.4 is 4.74 Å². The molecule has 0 aliphatic carbocycles. The topological polar surface area (TPSA) is 48.2 Å². The van der Waals surface area contributed by atoms with Crippen molar-refractivity contribution in [2.45, 2.75) is 6.61 Å². The summed E-state index contributed by atoms with van der Waals surface area (Å²) >= 11 is 1.54. The smallest absolute Gasteiger partial charge is 0.393 e. The Morgan fingerprint density at radius 3 is 3.08 bits per heavy atom. The van der Waals surface area contributed by atoms with Gasteiger partial charge >= 0.3 is 6.08 Å². The van der Waals surface area contributed by atoms with Gasteiger partial charge in [0.1, 0.15) is 17.9 Å². The standard InChI is InChI=1S/C7H6N2O2S/c1-3-10-7(9-1)11-5-6-8-2-4-12-6/h1-4H,5H2. The second-order valence-electron chi connectivity index (χ2n) is 2.01. The summed E-state index contributed by atoms with van der Waals surface area (Å²) in [5.41, 5.74) is 0. The van der Waals surface area contributed by atoms with Crippen molar-refractivity contribution in [3.63, 3.8) is 0 Å². The Morgan fingerprint density at radius 2 is 2.42 bits per heavy atom. The Balaban J connectivity index is 1.91. The van der Waals surface area contributed by atoms with Crippen molar-refractivity contribution in [3.05, 3.63) is 29.0 Å². The Hall–Kier alpha value is -1.36. The lowest BCUT2D eigenvalue weighted by Crippen LogP contribution is -1.93. The molecule has 2 rings (SSSR count). The summed E-state index contributed by atoms with van der Waals surface area (Å²) in [5, 5.41) is 2.81. The summed E-state index contributed by atoms with van der Waals surface area (Å²) < 4.78 is 10.0. The van der Waals surface area contributed by atoms with Gasteiger partial charge in [-0.05, 0) is 0 Å². The third-order valence-electron chi connectivity index (χ3n) is 1.21. The maximum absolute atomic E-state index is 5.16. The van der Waals surface area contributed by atoms with Gasteiger partial charge in [-0.3, -0.25) is 0 Å². The Bertz CT molecular complexity index is 283. The molecule has 0 saturated heterocycles. The van der Waals surface area contributed by atoms with Crippen LogP contribution in [0.15, 0.2) is 28.5 Å². The van der Waals surface area contributed by atoms with Gasteiger partial charge in [0.2, 0.25) is 0 Å². The zero-order valence-corrected chi connectivity index (χ0v) is 6.95. The first-order chi connectivity index (χ1) is 5.95. The van der Waals surface area contributed by atoms with Crippen LogP contribution in [0.5, 0.6) is 6.08 Å². The number of nitrogens with zero attached hydrogens (tertiary/aromatic N) is 2. The first-order valence-electron chi connectivity index (χ1n) is 3.36. The summed E-state index contributed by atoms with van der Waals surface area (Å²) in [6.07, 6.45) is 5.03. The van der Waals surface area contributed by atoms with E-state index in [0.717, 1.165) is 5.01 Å². The number of oxazole rings is 1. The van der Waals surface area contributed by atoms with Gasteiger partial charge in [0.15, 0.2) is 0 Å². The van der Waals surface area contributed by atoms with Crippen molar-refractivity contribution >= 4 is 11.3 Å². The van der Waals surface area contributed by atoms with E-state index >= 15 is 0 Å². The zero-order valence-electron chi connectivity index (χ0n) is 6.14. The minimum Gasteiger partial charge on any atom is -0.443 e. The highest BCUT2D eigenvalue weighted by atomic mass is 32.1. The van der Waals surface area contributed by atoms with Crippen molar-refractivity contribution in [1.29, 1.82) is 0 Å². The van der Waals surface area contributed by atoms with Crippen LogP contribution in [0.2, 0.25) is 0 Å². The average Bonchev–Trinajstić information content (AvgIpc) is 2.74. The molecule has 2 aromatic heterocycles. The highest BCUT2D eigenvalue weighted by Crippen LogP contribution is 2.10. The molecule has 12 heavy (non-hydrogen) atoms. The van der Waals surface area contributed by atoms with Gasteiger partial charge < -0.3 is 9.15 Å². The summed E-state index contributed by atoms with van der Waals surface area (Å²) in [7, 11) is 0. The Labute approximate surface area is 72.8 Å². The molecular weight excluding hydrogens is 176 g/mol. The molecule has 0 fully saturated rings. The fourth-order valence-electron chi connectivity index (χ4n) is 0.729. The molecule has 2 aromatic rings. The molecule has 0 amide bonds. The summed E-state index contributed by atoms with van der Waals surface area (Å²) in [6, 6.07) is 0. The molecule has 0 N–H and O–H groups in total. The number of ether oxygens (including phenoxy) is 1. The highest BCUT2D eigenvalue weighted by Gasteiger charge is 1.99. The van der Waals surface area contributed by atoms with E-state index in [0.29, 0.717) is 6.61 Å². The van der Waals surface area contributed by atoms with E-state index in [4.69, 9.17) is 9.15 Å². The molecule has 5 heteroatoms. The Kier molecular flexibility index (Phi) is 2.04. The normalized spacial score (nSPS) is 10.0. The van der Waals surface area contributed by atoms with Crippen LogP contribution in [0, 0.1) is 0 Å². The molecule has 0 aliphatic heterocycles. The van der Waals surface area contributed by atoms with Gasteiger partial charge in [-0.25, -0.2) is 4.98 Å². The quantitative estimate of drug-likeness (QED) is 0.725. The van der Waals surface area contributed by atoms with Crippen LogP contribution >= 0.6 is 11.3 Å². The Morgan fingerprint density at radius 1 is 1.42 bits per heavy atom. The van der Waals surface area contributed by atoms with Crippen molar-refractivity contribution < 1.29 is 9.15 Å². The molecule has 0 aliphatic rings. The summed E-state index contributed by atoms with van der Waals surface area (Å²) in [5.74, 6) is 0. The first kappa shape index (κ1) is 7.30. The van der Waals surface area contributed by atoms with Gasteiger partial charge in [-0.15, -0.1) is 11.3 Å². The van der Waals surface area contributed by atoms with E-state index in [1.807, 2.05) is 5.38 Å². The van der Waals surface area contributed by atoms with Crippen LogP contribution in [-0.2, 0) is 6.61 Å². The lowest BCUT2D eigenvalue weighted by Gasteiger charge is -1.95. The summed E-state index contributed by atoms with van der Waals surface area (Å²) in [6.45, 7) is 0.415. The molecule has 0 saturated carbocycles. The fourth-order valence-corrected chi connectivity index (χ4v) is 1.26. The molecular formula is C7H6N2O2S. The summed E-state index contributed by atoms with van der Waals surface area (Å²) in [4.78, 5) is 7.84. The van der Waals surface area contributed by atoms with Gasteiger partial charge in [-0.1, -0.05) is 0 Å². The fraction of sp³-hybridized carbons (Fsp3) is 0.143. The van der Waals surface area contributed by atoms with Crippen molar-refractivity contribution in [2.75, 3.05) is 0 Å². The number of hydrogen-bond acceptors (Lipinski definition) is 5. The zero-order chi connectivity index (χ0) is 8.23.